The maximum atomic E-state index is 13.5. The van der Waals surface area contributed by atoms with Gasteiger partial charge in [-0.15, -0.1) is 0 Å². The Kier molecular flexibility index (Phi) is 2.86. The van der Waals surface area contributed by atoms with E-state index in [-0.39, 0.29) is 0 Å². The SMILES string of the molecule is O=c1ccn([C@H]2C[C@](O)(F)[C@@H](CO)O2)c(=O)[nH]1. The highest BCUT2D eigenvalue weighted by atomic mass is 19.2. The lowest BCUT2D eigenvalue weighted by atomic mass is 10.1. The quantitative estimate of drug-likeness (QED) is 0.587. The molecule has 0 radical (unpaired) electrons. The molecule has 1 aliphatic heterocycles. The molecule has 0 saturated carbocycles. The van der Waals surface area contributed by atoms with E-state index in [2.05, 4.69) is 0 Å². The number of aliphatic hydroxyl groups is 2. The van der Waals surface area contributed by atoms with E-state index in [1.165, 1.54) is 0 Å². The number of alkyl halides is 1. The number of rotatable bonds is 2. The van der Waals surface area contributed by atoms with Crippen molar-refractivity contribution in [2.45, 2.75) is 24.6 Å². The lowest BCUT2D eigenvalue weighted by Gasteiger charge is -2.16. The molecular weight excluding hydrogens is 235 g/mol. The van der Waals surface area contributed by atoms with Crippen molar-refractivity contribution in [3.8, 4) is 0 Å². The van der Waals surface area contributed by atoms with E-state index in [1.807, 2.05) is 4.98 Å². The number of nitrogens with one attached hydrogen (secondary N) is 1. The second-order valence-corrected chi connectivity index (χ2v) is 3.80. The van der Waals surface area contributed by atoms with Crippen LogP contribution in [0.2, 0.25) is 0 Å². The fraction of sp³-hybridized carbons (Fsp3) is 0.556. The van der Waals surface area contributed by atoms with Gasteiger partial charge in [0.25, 0.3) is 5.56 Å². The Morgan fingerprint density at radius 2 is 2.35 bits per heavy atom. The van der Waals surface area contributed by atoms with Crippen LogP contribution in [-0.4, -0.2) is 38.3 Å². The van der Waals surface area contributed by atoms with Crippen LogP contribution in [0.25, 0.3) is 0 Å². The summed E-state index contributed by atoms with van der Waals surface area (Å²) in [4.78, 5) is 24.2. The van der Waals surface area contributed by atoms with E-state index in [9.17, 15) is 19.1 Å². The topological polar surface area (TPSA) is 105 Å². The largest absolute Gasteiger partial charge is 0.393 e. The lowest BCUT2D eigenvalue weighted by Crippen LogP contribution is -2.35. The zero-order chi connectivity index (χ0) is 12.6. The molecule has 0 aliphatic carbocycles. The van der Waals surface area contributed by atoms with Gasteiger partial charge in [-0.05, 0) is 0 Å². The monoisotopic (exact) mass is 246 g/mol. The molecule has 0 unspecified atom stereocenters. The van der Waals surface area contributed by atoms with Gasteiger partial charge in [-0.2, -0.15) is 0 Å². The summed E-state index contributed by atoms with van der Waals surface area (Å²) in [5.41, 5.74) is -1.35. The first kappa shape index (κ1) is 12.0. The third kappa shape index (κ3) is 2.14. The molecule has 1 aromatic rings. The molecule has 17 heavy (non-hydrogen) atoms. The molecule has 0 spiro atoms. The Morgan fingerprint density at radius 1 is 1.65 bits per heavy atom. The van der Waals surface area contributed by atoms with Crippen molar-refractivity contribution in [1.29, 1.82) is 0 Å². The van der Waals surface area contributed by atoms with Crippen LogP contribution in [0.5, 0.6) is 0 Å². The van der Waals surface area contributed by atoms with E-state index in [4.69, 9.17) is 9.84 Å². The molecule has 2 rings (SSSR count). The van der Waals surface area contributed by atoms with Crippen molar-refractivity contribution in [1.82, 2.24) is 9.55 Å². The van der Waals surface area contributed by atoms with Crippen molar-refractivity contribution in [3.63, 3.8) is 0 Å². The van der Waals surface area contributed by atoms with Crippen LogP contribution in [0.3, 0.4) is 0 Å². The maximum absolute atomic E-state index is 13.5. The second kappa shape index (κ2) is 4.06. The molecule has 1 aromatic heterocycles. The minimum atomic E-state index is -2.70. The summed E-state index contributed by atoms with van der Waals surface area (Å²) in [7, 11) is 0. The Bertz CT molecular complexity index is 523. The van der Waals surface area contributed by atoms with Crippen LogP contribution in [0.15, 0.2) is 21.9 Å². The van der Waals surface area contributed by atoms with E-state index in [0.29, 0.717) is 0 Å². The summed E-state index contributed by atoms with van der Waals surface area (Å²) in [6.45, 7) is -0.707. The molecule has 7 nitrogen and oxygen atoms in total. The molecule has 1 saturated heterocycles. The van der Waals surface area contributed by atoms with Gasteiger partial charge in [-0.1, -0.05) is 0 Å². The number of ether oxygens (including phenoxy) is 1. The van der Waals surface area contributed by atoms with Gasteiger partial charge < -0.3 is 14.9 Å². The average Bonchev–Trinajstić information content (AvgIpc) is 2.53. The standard InChI is InChI=1S/C9H11FN2O5/c10-9(16)3-7(17-5(9)4-13)12-2-1-6(14)11-8(12)15/h1-2,5,7,13,16H,3-4H2,(H,11,14,15)/t5-,7-,9-/m1/s1. The Hall–Kier alpha value is -1.51. The predicted molar refractivity (Wildman–Crippen MR) is 53.0 cm³/mol. The van der Waals surface area contributed by atoms with Crippen LogP contribution in [-0.2, 0) is 4.74 Å². The Morgan fingerprint density at radius 3 is 2.88 bits per heavy atom. The van der Waals surface area contributed by atoms with Gasteiger partial charge in [0, 0.05) is 12.3 Å². The Labute approximate surface area is 94.1 Å². The van der Waals surface area contributed by atoms with Crippen LogP contribution in [0.1, 0.15) is 12.6 Å². The summed E-state index contributed by atoms with van der Waals surface area (Å²) in [5, 5.41) is 18.1. The van der Waals surface area contributed by atoms with Gasteiger partial charge in [-0.3, -0.25) is 14.3 Å². The number of hydrogen-bond acceptors (Lipinski definition) is 5. The molecule has 3 atom stereocenters. The van der Waals surface area contributed by atoms with Gasteiger partial charge in [0.05, 0.1) is 13.0 Å². The first-order chi connectivity index (χ1) is 7.94. The van der Waals surface area contributed by atoms with E-state index in [1.54, 1.807) is 0 Å². The molecule has 0 aromatic carbocycles. The molecular formula is C9H11FN2O5. The van der Waals surface area contributed by atoms with Crippen molar-refractivity contribution < 1.29 is 19.3 Å². The number of aromatic amines is 1. The van der Waals surface area contributed by atoms with Gasteiger partial charge in [0.1, 0.15) is 12.3 Å². The third-order valence-electron chi connectivity index (χ3n) is 2.60. The molecule has 0 bridgehead atoms. The molecule has 2 heterocycles. The molecule has 3 N–H and O–H groups in total. The van der Waals surface area contributed by atoms with Gasteiger partial charge in [0.2, 0.25) is 5.85 Å². The van der Waals surface area contributed by atoms with Gasteiger partial charge in [0.15, 0.2) is 0 Å². The smallest absolute Gasteiger partial charge is 0.330 e. The minimum absolute atomic E-state index is 0.496. The summed E-state index contributed by atoms with van der Waals surface area (Å²) in [6.07, 6.45) is -1.83. The third-order valence-corrected chi connectivity index (χ3v) is 2.60. The zero-order valence-electron chi connectivity index (χ0n) is 8.67. The van der Waals surface area contributed by atoms with Crippen LogP contribution < -0.4 is 11.2 Å². The summed E-state index contributed by atoms with van der Waals surface area (Å²) in [6, 6.07) is 1.08. The highest BCUT2D eigenvalue weighted by molar-refractivity contribution is 4.91. The summed E-state index contributed by atoms with van der Waals surface area (Å²) >= 11 is 0. The van der Waals surface area contributed by atoms with Crippen molar-refractivity contribution in [2.24, 2.45) is 0 Å². The molecule has 1 fully saturated rings. The summed E-state index contributed by atoms with van der Waals surface area (Å²) in [5.74, 6) is -2.70. The zero-order valence-corrected chi connectivity index (χ0v) is 8.67. The molecule has 8 heteroatoms. The summed E-state index contributed by atoms with van der Waals surface area (Å²) < 4.78 is 19.5. The van der Waals surface area contributed by atoms with Crippen LogP contribution in [0.4, 0.5) is 4.39 Å². The second-order valence-electron chi connectivity index (χ2n) is 3.80. The number of hydrogen-bond donors (Lipinski definition) is 3. The Balaban J connectivity index is 2.32. The fourth-order valence-electron chi connectivity index (χ4n) is 1.72. The number of aromatic nitrogens is 2. The van der Waals surface area contributed by atoms with E-state index < -0.39 is 42.5 Å². The predicted octanol–water partition coefficient (Wildman–Crippen LogP) is -1.53. The number of nitrogens with zero attached hydrogens (tertiary/aromatic N) is 1. The fourth-order valence-corrected chi connectivity index (χ4v) is 1.72. The molecule has 1 aliphatic rings. The van der Waals surface area contributed by atoms with Gasteiger partial charge in [-0.25, -0.2) is 9.18 Å². The van der Waals surface area contributed by atoms with Crippen molar-refractivity contribution in [2.75, 3.05) is 6.61 Å². The lowest BCUT2D eigenvalue weighted by molar-refractivity contribution is -0.150. The highest BCUT2D eigenvalue weighted by Gasteiger charge is 2.48. The van der Waals surface area contributed by atoms with Crippen LogP contribution in [0, 0.1) is 0 Å². The minimum Gasteiger partial charge on any atom is -0.393 e. The normalized spacial score (nSPS) is 32.9. The number of H-pyrrole nitrogens is 1. The van der Waals surface area contributed by atoms with Crippen molar-refractivity contribution in [3.05, 3.63) is 33.1 Å². The number of aliphatic hydroxyl groups excluding tert-OH is 1. The van der Waals surface area contributed by atoms with Crippen LogP contribution >= 0.6 is 0 Å². The van der Waals surface area contributed by atoms with Crippen molar-refractivity contribution >= 4 is 0 Å². The number of halogens is 1. The first-order valence-electron chi connectivity index (χ1n) is 4.93. The highest BCUT2D eigenvalue weighted by Crippen LogP contribution is 2.36. The molecule has 94 valence electrons. The first-order valence-corrected chi connectivity index (χ1v) is 4.93. The average molecular weight is 246 g/mol. The van der Waals surface area contributed by atoms with Gasteiger partial charge >= 0.3 is 5.69 Å². The maximum Gasteiger partial charge on any atom is 0.330 e. The molecule has 0 amide bonds. The van der Waals surface area contributed by atoms with E-state index in [0.717, 1.165) is 16.8 Å². The van der Waals surface area contributed by atoms with E-state index >= 15 is 0 Å².